The molecular formula is C25H32N4O. The van der Waals surface area contributed by atoms with Gasteiger partial charge in [-0.15, -0.1) is 0 Å². The van der Waals surface area contributed by atoms with E-state index in [9.17, 15) is 4.79 Å². The first-order valence-electron chi connectivity index (χ1n) is 11.0. The quantitative estimate of drug-likeness (QED) is 0.764. The van der Waals surface area contributed by atoms with Crippen LogP contribution in [-0.4, -0.2) is 65.7 Å². The molecule has 5 heteroatoms. The Balaban J connectivity index is 1.56. The van der Waals surface area contributed by atoms with Crippen molar-refractivity contribution in [3.05, 3.63) is 70.8 Å². The first kappa shape index (κ1) is 20.8. The number of rotatable bonds is 5. The lowest BCUT2D eigenvalue weighted by molar-refractivity contribution is -0.134. The van der Waals surface area contributed by atoms with Crippen LogP contribution in [-0.2, 0) is 4.79 Å². The fourth-order valence-electron chi connectivity index (χ4n) is 4.50. The maximum Gasteiger partial charge on any atom is 0.257 e. The summed E-state index contributed by atoms with van der Waals surface area (Å²) in [6.45, 7) is 11.9. The van der Waals surface area contributed by atoms with E-state index < -0.39 is 0 Å². The molecule has 4 rings (SSSR count). The number of aryl methyl sites for hydroxylation is 2. The van der Waals surface area contributed by atoms with Crippen molar-refractivity contribution in [2.24, 2.45) is 5.10 Å². The Morgan fingerprint density at radius 2 is 1.70 bits per heavy atom. The Morgan fingerprint density at radius 3 is 2.37 bits per heavy atom. The lowest BCUT2D eigenvalue weighted by atomic mass is 9.95. The molecule has 0 bridgehead atoms. The van der Waals surface area contributed by atoms with E-state index in [0.717, 1.165) is 56.0 Å². The number of piperazine rings is 1. The molecule has 30 heavy (non-hydrogen) atoms. The van der Waals surface area contributed by atoms with Crippen LogP contribution in [0.3, 0.4) is 0 Å². The van der Waals surface area contributed by atoms with Gasteiger partial charge in [-0.3, -0.25) is 9.69 Å². The number of likely N-dealkylation sites (N-methyl/N-ethyl adjacent to an activating group) is 1. The Labute approximate surface area is 180 Å². The van der Waals surface area contributed by atoms with E-state index >= 15 is 0 Å². The molecule has 2 aromatic rings. The van der Waals surface area contributed by atoms with Crippen LogP contribution in [0.1, 0.15) is 41.6 Å². The van der Waals surface area contributed by atoms with Gasteiger partial charge in [0.15, 0.2) is 0 Å². The topological polar surface area (TPSA) is 39.1 Å². The van der Waals surface area contributed by atoms with E-state index in [1.807, 2.05) is 18.2 Å². The van der Waals surface area contributed by atoms with Crippen LogP contribution in [0.25, 0.3) is 0 Å². The fourth-order valence-corrected chi connectivity index (χ4v) is 4.50. The second kappa shape index (κ2) is 9.11. The molecule has 1 fully saturated rings. The lowest BCUT2D eigenvalue weighted by Crippen LogP contribution is -2.49. The second-order valence-electron chi connectivity index (χ2n) is 8.44. The molecule has 0 spiro atoms. The van der Waals surface area contributed by atoms with Gasteiger partial charge in [0.25, 0.3) is 5.91 Å². The molecule has 0 aromatic heterocycles. The summed E-state index contributed by atoms with van der Waals surface area (Å²) in [5.74, 6) is 0.0913. The van der Waals surface area contributed by atoms with Gasteiger partial charge in [0, 0.05) is 38.2 Å². The average molecular weight is 405 g/mol. The Kier molecular flexibility index (Phi) is 6.30. The third-order valence-corrected chi connectivity index (χ3v) is 6.31. The van der Waals surface area contributed by atoms with Crippen LogP contribution >= 0.6 is 0 Å². The van der Waals surface area contributed by atoms with Crippen molar-refractivity contribution >= 4 is 11.6 Å². The SMILES string of the molecule is CCN1CCN(CC(=O)N2N=C(c3ccc(C)cc3C)CC2c2ccccc2)CC1. The second-order valence-corrected chi connectivity index (χ2v) is 8.44. The van der Waals surface area contributed by atoms with Gasteiger partial charge < -0.3 is 4.90 Å². The van der Waals surface area contributed by atoms with Gasteiger partial charge >= 0.3 is 0 Å². The Morgan fingerprint density at radius 1 is 1.00 bits per heavy atom. The molecule has 0 aliphatic carbocycles. The zero-order valence-electron chi connectivity index (χ0n) is 18.3. The number of amides is 1. The zero-order chi connectivity index (χ0) is 21.1. The van der Waals surface area contributed by atoms with Crippen molar-refractivity contribution < 1.29 is 4.79 Å². The number of hydrazone groups is 1. The highest BCUT2D eigenvalue weighted by molar-refractivity contribution is 6.04. The van der Waals surface area contributed by atoms with Crippen LogP contribution in [0.4, 0.5) is 0 Å². The molecule has 1 atom stereocenters. The number of carbonyl (C=O) groups is 1. The van der Waals surface area contributed by atoms with Crippen LogP contribution in [0.15, 0.2) is 53.6 Å². The number of nitrogens with zero attached hydrogens (tertiary/aromatic N) is 4. The molecule has 0 radical (unpaired) electrons. The highest BCUT2D eigenvalue weighted by atomic mass is 16.2. The number of benzene rings is 2. The minimum atomic E-state index is -0.0358. The monoisotopic (exact) mass is 404 g/mol. The maximum absolute atomic E-state index is 13.3. The predicted octanol–water partition coefficient (Wildman–Crippen LogP) is 3.62. The smallest absolute Gasteiger partial charge is 0.257 e. The molecule has 2 aromatic carbocycles. The molecule has 2 heterocycles. The van der Waals surface area contributed by atoms with Crippen molar-refractivity contribution in [3.8, 4) is 0 Å². The molecule has 0 N–H and O–H groups in total. The van der Waals surface area contributed by atoms with Crippen molar-refractivity contribution in [3.63, 3.8) is 0 Å². The highest BCUT2D eigenvalue weighted by Gasteiger charge is 2.34. The first-order valence-corrected chi connectivity index (χ1v) is 11.0. The first-order chi connectivity index (χ1) is 14.5. The summed E-state index contributed by atoms with van der Waals surface area (Å²) in [5.41, 5.74) is 5.75. The van der Waals surface area contributed by atoms with E-state index in [1.54, 1.807) is 5.01 Å². The fraction of sp³-hybridized carbons (Fsp3) is 0.440. The van der Waals surface area contributed by atoms with Gasteiger partial charge in [0.1, 0.15) is 0 Å². The van der Waals surface area contributed by atoms with Crippen LogP contribution in [0, 0.1) is 13.8 Å². The number of hydrogen-bond donors (Lipinski definition) is 0. The summed E-state index contributed by atoms with van der Waals surface area (Å²) in [4.78, 5) is 18.0. The molecule has 158 valence electrons. The van der Waals surface area contributed by atoms with E-state index in [-0.39, 0.29) is 11.9 Å². The average Bonchev–Trinajstić information content (AvgIpc) is 3.20. The molecule has 2 aliphatic heterocycles. The van der Waals surface area contributed by atoms with Crippen LogP contribution in [0.2, 0.25) is 0 Å². The van der Waals surface area contributed by atoms with Gasteiger partial charge in [-0.25, -0.2) is 5.01 Å². The van der Waals surface area contributed by atoms with Gasteiger partial charge in [-0.05, 0) is 31.5 Å². The summed E-state index contributed by atoms with van der Waals surface area (Å²) in [5, 5.41) is 6.61. The minimum absolute atomic E-state index is 0.0358. The van der Waals surface area contributed by atoms with Gasteiger partial charge in [-0.2, -0.15) is 5.10 Å². The normalized spacial score (nSPS) is 20.4. The van der Waals surface area contributed by atoms with Crippen molar-refractivity contribution in [1.29, 1.82) is 0 Å². The summed E-state index contributed by atoms with van der Waals surface area (Å²) in [6, 6.07) is 16.7. The lowest BCUT2D eigenvalue weighted by Gasteiger charge is -2.34. The molecule has 5 nitrogen and oxygen atoms in total. The molecule has 0 saturated carbocycles. The maximum atomic E-state index is 13.3. The van der Waals surface area contributed by atoms with E-state index in [4.69, 9.17) is 5.10 Å². The minimum Gasteiger partial charge on any atom is -0.301 e. The van der Waals surface area contributed by atoms with Crippen molar-refractivity contribution in [1.82, 2.24) is 14.8 Å². The molecule has 2 aliphatic rings. The summed E-state index contributed by atoms with van der Waals surface area (Å²) < 4.78 is 0. The van der Waals surface area contributed by atoms with Crippen molar-refractivity contribution in [2.75, 3.05) is 39.3 Å². The standard InChI is InChI=1S/C25H32N4O/c1-4-27-12-14-28(15-13-27)18-25(30)29-24(21-8-6-5-7-9-21)17-23(26-29)22-11-10-19(2)16-20(22)3/h5-11,16,24H,4,12-15,17-18H2,1-3H3. The van der Waals surface area contributed by atoms with Crippen LogP contribution < -0.4 is 0 Å². The van der Waals surface area contributed by atoms with Crippen molar-refractivity contribution in [2.45, 2.75) is 33.2 Å². The zero-order valence-corrected chi connectivity index (χ0v) is 18.3. The summed E-state index contributed by atoms with van der Waals surface area (Å²) in [7, 11) is 0. The van der Waals surface area contributed by atoms with E-state index in [1.165, 1.54) is 11.1 Å². The largest absolute Gasteiger partial charge is 0.301 e. The van der Waals surface area contributed by atoms with Gasteiger partial charge in [0.05, 0.1) is 18.3 Å². The summed E-state index contributed by atoms with van der Waals surface area (Å²) >= 11 is 0. The molecule has 1 unspecified atom stereocenters. The number of carbonyl (C=O) groups excluding carboxylic acids is 1. The number of hydrogen-bond acceptors (Lipinski definition) is 4. The predicted molar refractivity (Wildman–Crippen MR) is 122 cm³/mol. The van der Waals surface area contributed by atoms with Gasteiger partial charge in [-0.1, -0.05) is 61.0 Å². The third kappa shape index (κ3) is 4.47. The Hall–Kier alpha value is -2.50. The van der Waals surface area contributed by atoms with Crippen LogP contribution in [0.5, 0.6) is 0 Å². The van der Waals surface area contributed by atoms with E-state index in [2.05, 4.69) is 60.9 Å². The molecular weight excluding hydrogens is 372 g/mol. The van der Waals surface area contributed by atoms with E-state index in [0.29, 0.717) is 6.54 Å². The molecule has 1 amide bonds. The highest BCUT2D eigenvalue weighted by Crippen LogP contribution is 2.33. The summed E-state index contributed by atoms with van der Waals surface area (Å²) in [6.07, 6.45) is 0.753. The Bertz CT molecular complexity index is 916. The van der Waals surface area contributed by atoms with Gasteiger partial charge in [0.2, 0.25) is 0 Å². The molecule has 1 saturated heterocycles. The third-order valence-electron chi connectivity index (χ3n) is 6.31.